The second-order valence-electron chi connectivity index (χ2n) is 8.17. The minimum Gasteiger partial charge on any atom is -0.352 e. The van der Waals surface area contributed by atoms with Gasteiger partial charge in [0, 0.05) is 19.6 Å². The Morgan fingerprint density at radius 2 is 1.69 bits per heavy atom. The Kier molecular flexibility index (Phi) is 6.44. The number of sulfonamides is 1. The highest BCUT2D eigenvalue weighted by molar-refractivity contribution is 7.89. The van der Waals surface area contributed by atoms with Crippen molar-refractivity contribution >= 4 is 15.9 Å². The smallest absolute Gasteiger partial charge is 0.243 e. The fourth-order valence-corrected chi connectivity index (χ4v) is 5.33. The molecule has 0 radical (unpaired) electrons. The molecular weight excluding hydrogens is 384 g/mol. The summed E-state index contributed by atoms with van der Waals surface area (Å²) in [6.07, 6.45) is 2.21. The summed E-state index contributed by atoms with van der Waals surface area (Å²) in [6.45, 7) is 7.01. The zero-order valence-corrected chi connectivity index (χ0v) is 18.3. The lowest BCUT2D eigenvalue weighted by atomic mass is 9.82. The summed E-state index contributed by atoms with van der Waals surface area (Å²) >= 11 is 0. The zero-order valence-electron chi connectivity index (χ0n) is 17.4. The van der Waals surface area contributed by atoms with Crippen LogP contribution < -0.4 is 5.32 Å². The topological polar surface area (TPSA) is 66.5 Å². The van der Waals surface area contributed by atoms with Crippen molar-refractivity contribution in [2.75, 3.05) is 13.1 Å². The average molecular weight is 415 g/mol. The van der Waals surface area contributed by atoms with Crippen molar-refractivity contribution in [2.24, 2.45) is 5.41 Å². The molecule has 0 aliphatic carbocycles. The van der Waals surface area contributed by atoms with E-state index in [9.17, 15) is 13.2 Å². The number of hydrogen-bond donors (Lipinski definition) is 1. The van der Waals surface area contributed by atoms with E-state index in [1.165, 1.54) is 9.87 Å². The van der Waals surface area contributed by atoms with Gasteiger partial charge in [-0.15, -0.1) is 0 Å². The molecule has 29 heavy (non-hydrogen) atoms. The first-order chi connectivity index (χ1) is 13.7. The number of nitrogens with zero attached hydrogens (tertiary/aromatic N) is 1. The number of nitrogens with one attached hydrogen (secondary N) is 1. The summed E-state index contributed by atoms with van der Waals surface area (Å²) in [4.78, 5) is 13.2. The molecule has 1 aliphatic rings. The van der Waals surface area contributed by atoms with Crippen LogP contribution in [0, 0.1) is 12.3 Å². The Hall–Kier alpha value is -2.18. The van der Waals surface area contributed by atoms with Gasteiger partial charge in [-0.05, 0) is 56.4 Å². The molecule has 2 aromatic carbocycles. The highest BCUT2D eigenvalue weighted by Gasteiger charge is 2.41. The number of hydrogen-bond acceptors (Lipinski definition) is 3. The molecule has 0 unspecified atom stereocenters. The van der Waals surface area contributed by atoms with Crippen LogP contribution in [0.3, 0.4) is 0 Å². The summed E-state index contributed by atoms with van der Waals surface area (Å²) in [5, 5.41) is 3.00. The van der Waals surface area contributed by atoms with Crippen molar-refractivity contribution < 1.29 is 13.2 Å². The van der Waals surface area contributed by atoms with Gasteiger partial charge in [-0.25, -0.2) is 8.42 Å². The summed E-state index contributed by atoms with van der Waals surface area (Å²) < 4.78 is 27.7. The van der Waals surface area contributed by atoms with Gasteiger partial charge >= 0.3 is 0 Å². The Morgan fingerprint density at radius 1 is 1.07 bits per heavy atom. The van der Waals surface area contributed by atoms with Crippen LogP contribution in [0.5, 0.6) is 0 Å². The molecule has 0 bridgehead atoms. The van der Waals surface area contributed by atoms with E-state index in [0.29, 0.717) is 30.8 Å². The standard InChI is InChI=1S/C23H30N2O3S/c1-4-19-10-12-21(13-11-19)29(27,28)25-15-5-14-23(3,17-25)22(26)24-16-20-8-6-18(2)7-9-20/h6-13H,4-5,14-17H2,1-3H3,(H,24,26)/t23-/m1/s1. The summed E-state index contributed by atoms with van der Waals surface area (Å²) in [5.41, 5.74) is 2.57. The molecule has 3 rings (SSSR count). The molecule has 1 aliphatic heterocycles. The van der Waals surface area contributed by atoms with E-state index in [4.69, 9.17) is 0 Å². The van der Waals surface area contributed by atoms with Crippen LogP contribution in [0.1, 0.15) is 43.4 Å². The molecule has 1 saturated heterocycles. The van der Waals surface area contributed by atoms with Crippen LogP contribution in [0.4, 0.5) is 0 Å². The summed E-state index contributed by atoms with van der Waals surface area (Å²) in [7, 11) is -3.61. The predicted octanol–water partition coefficient (Wildman–Crippen LogP) is 3.66. The van der Waals surface area contributed by atoms with Crippen LogP contribution in [-0.4, -0.2) is 31.7 Å². The van der Waals surface area contributed by atoms with Crippen molar-refractivity contribution in [3.63, 3.8) is 0 Å². The number of piperidine rings is 1. The lowest BCUT2D eigenvalue weighted by Gasteiger charge is -2.38. The fraction of sp³-hybridized carbons (Fsp3) is 0.435. The third-order valence-electron chi connectivity index (χ3n) is 5.75. The highest BCUT2D eigenvalue weighted by atomic mass is 32.2. The minimum absolute atomic E-state index is 0.0979. The molecule has 0 aromatic heterocycles. The third kappa shape index (κ3) is 4.87. The van der Waals surface area contributed by atoms with Crippen molar-refractivity contribution in [2.45, 2.75) is 51.5 Å². The van der Waals surface area contributed by atoms with E-state index in [1.807, 2.05) is 57.2 Å². The third-order valence-corrected chi connectivity index (χ3v) is 7.61. The number of amides is 1. The monoisotopic (exact) mass is 414 g/mol. The summed E-state index contributed by atoms with van der Waals surface area (Å²) in [5.74, 6) is -0.0979. The molecule has 5 nitrogen and oxygen atoms in total. The molecular formula is C23H30N2O3S. The SMILES string of the molecule is CCc1ccc(S(=O)(=O)N2CCC[C@@](C)(C(=O)NCc3ccc(C)cc3)C2)cc1. The average Bonchev–Trinajstić information content (AvgIpc) is 2.73. The van der Waals surface area contributed by atoms with Gasteiger partial charge in [0.15, 0.2) is 0 Å². The van der Waals surface area contributed by atoms with Gasteiger partial charge < -0.3 is 5.32 Å². The highest BCUT2D eigenvalue weighted by Crippen LogP contribution is 2.33. The van der Waals surface area contributed by atoms with E-state index in [1.54, 1.807) is 12.1 Å². The van der Waals surface area contributed by atoms with Crippen LogP contribution in [0.15, 0.2) is 53.4 Å². The lowest BCUT2D eigenvalue weighted by molar-refractivity contribution is -0.132. The number of carbonyl (C=O) groups is 1. The fourth-order valence-electron chi connectivity index (χ4n) is 3.73. The molecule has 1 heterocycles. The van der Waals surface area contributed by atoms with Gasteiger partial charge in [0.25, 0.3) is 0 Å². The molecule has 1 N–H and O–H groups in total. The molecule has 1 fully saturated rings. The summed E-state index contributed by atoms with van der Waals surface area (Å²) in [6, 6.07) is 15.1. The maximum atomic E-state index is 13.1. The Labute approximate surface area is 174 Å². The molecule has 156 valence electrons. The van der Waals surface area contributed by atoms with Crippen LogP contribution in [0.25, 0.3) is 0 Å². The zero-order chi connectivity index (χ0) is 21.1. The van der Waals surface area contributed by atoms with E-state index >= 15 is 0 Å². The Balaban J connectivity index is 1.70. The molecule has 1 atom stereocenters. The van der Waals surface area contributed by atoms with Crippen molar-refractivity contribution in [3.8, 4) is 0 Å². The number of aryl methyl sites for hydroxylation is 2. The Bertz CT molecular complexity index is 953. The van der Waals surface area contributed by atoms with Gasteiger partial charge in [0.2, 0.25) is 15.9 Å². The number of carbonyl (C=O) groups excluding carboxylic acids is 1. The van der Waals surface area contributed by atoms with E-state index in [-0.39, 0.29) is 12.5 Å². The van der Waals surface area contributed by atoms with Crippen LogP contribution in [-0.2, 0) is 27.8 Å². The van der Waals surface area contributed by atoms with Gasteiger partial charge in [0.05, 0.1) is 10.3 Å². The van der Waals surface area contributed by atoms with Crippen molar-refractivity contribution in [3.05, 3.63) is 65.2 Å². The normalized spacial score (nSPS) is 20.4. The van der Waals surface area contributed by atoms with Gasteiger partial charge in [-0.1, -0.05) is 48.9 Å². The largest absolute Gasteiger partial charge is 0.352 e. The van der Waals surface area contributed by atoms with Crippen molar-refractivity contribution in [1.29, 1.82) is 0 Å². The van der Waals surface area contributed by atoms with Crippen LogP contribution >= 0.6 is 0 Å². The van der Waals surface area contributed by atoms with Crippen molar-refractivity contribution in [1.82, 2.24) is 9.62 Å². The van der Waals surface area contributed by atoms with Gasteiger partial charge in [-0.3, -0.25) is 4.79 Å². The first-order valence-electron chi connectivity index (χ1n) is 10.2. The first-order valence-corrected chi connectivity index (χ1v) is 11.6. The quantitative estimate of drug-likeness (QED) is 0.784. The van der Waals surface area contributed by atoms with E-state index in [0.717, 1.165) is 17.5 Å². The first kappa shape index (κ1) is 21.5. The number of rotatable bonds is 6. The second-order valence-corrected chi connectivity index (χ2v) is 10.1. The van der Waals surface area contributed by atoms with Crippen LogP contribution in [0.2, 0.25) is 0 Å². The predicted molar refractivity (Wildman–Crippen MR) is 115 cm³/mol. The van der Waals surface area contributed by atoms with E-state index in [2.05, 4.69) is 5.32 Å². The second kappa shape index (κ2) is 8.67. The molecule has 6 heteroatoms. The minimum atomic E-state index is -3.61. The maximum Gasteiger partial charge on any atom is 0.243 e. The molecule has 0 saturated carbocycles. The molecule has 0 spiro atoms. The maximum absolute atomic E-state index is 13.1. The Morgan fingerprint density at radius 3 is 2.31 bits per heavy atom. The lowest BCUT2D eigenvalue weighted by Crippen LogP contribution is -2.51. The molecule has 1 amide bonds. The van der Waals surface area contributed by atoms with Gasteiger partial charge in [0.1, 0.15) is 0 Å². The van der Waals surface area contributed by atoms with Gasteiger partial charge in [-0.2, -0.15) is 4.31 Å². The van der Waals surface area contributed by atoms with E-state index < -0.39 is 15.4 Å². The number of benzene rings is 2. The molecule has 2 aromatic rings.